The van der Waals surface area contributed by atoms with Crippen LogP contribution in [0.1, 0.15) is 57.6 Å². The lowest BCUT2D eigenvalue weighted by atomic mass is 9.98. The maximum absolute atomic E-state index is 13.4. The molecule has 2 heterocycles. The summed E-state index contributed by atoms with van der Waals surface area (Å²) in [5.74, 6) is -0.160. The van der Waals surface area contributed by atoms with Gasteiger partial charge in [0.2, 0.25) is 18.2 Å². The van der Waals surface area contributed by atoms with Crippen molar-refractivity contribution in [3.63, 3.8) is 0 Å². The number of nitrogens with zero attached hydrogens (tertiary/aromatic N) is 4. The number of carbonyl (C=O) groups excluding carboxylic acids is 3. The van der Waals surface area contributed by atoms with E-state index < -0.39 is 12.2 Å². The van der Waals surface area contributed by atoms with E-state index in [1.165, 1.54) is 19.3 Å². The molecule has 158 valence electrons. The minimum atomic E-state index is -0.681. The summed E-state index contributed by atoms with van der Waals surface area (Å²) < 4.78 is 0. The predicted molar refractivity (Wildman–Crippen MR) is 110 cm³/mol. The fourth-order valence-electron chi connectivity index (χ4n) is 4.33. The van der Waals surface area contributed by atoms with Crippen LogP contribution in [-0.4, -0.2) is 70.4 Å². The Kier molecular flexibility index (Phi) is 7.25. The Hall–Kier alpha value is -2.41. The molecule has 7 heteroatoms. The van der Waals surface area contributed by atoms with Gasteiger partial charge in [-0.15, -0.1) is 0 Å². The van der Waals surface area contributed by atoms with Gasteiger partial charge in [-0.3, -0.25) is 19.4 Å². The fourth-order valence-corrected chi connectivity index (χ4v) is 4.33. The molecule has 1 unspecified atom stereocenters. The Balaban J connectivity index is 1.87. The van der Waals surface area contributed by atoms with Crippen LogP contribution in [0.5, 0.6) is 0 Å². The molecule has 0 aromatic heterocycles. The molecule has 0 aliphatic carbocycles. The molecular weight excluding hydrogens is 368 g/mol. The van der Waals surface area contributed by atoms with Crippen LogP contribution in [0.25, 0.3) is 0 Å². The Morgan fingerprint density at radius 1 is 1.03 bits per heavy atom. The highest BCUT2D eigenvalue weighted by atomic mass is 16.2. The highest BCUT2D eigenvalue weighted by Crippen LogP contribution is 2.34. The molecule has 29 heavy (non-hydrogen) atoms. The van der Waals surface area contributed by atoms with Crippen molar-refractivity contribution in [2.75, 3.05) is 26.2 Å². The van der Waals surface area contributed by atoms with Gasteiger partial charge in [-0.05, 0) is 12.0 Å². The van der Waals surface area contributed by atoms with Crippen molar-refractivity contribution < 1.29 is 14.4 Å². The number of amides is 3. The Morgan fingerprint density at radius 2 is 1.76 bits per heavy atom. The molecule has 2 saturated heterocycles. The molecular formula is C22H32N4O3. The van der Waals surface area contributed by atoms with Crippen LogP contribution in [0.15, 0.2) is 30.3 Å². The van der Waals surface area contributed by atoms with Gasteiger partial charge in [0.25, 0.3) is 0 Å². The van der Waals surface area contributed by atoms with Gasteiger partial charge < -0.3 is 9.80 Å². The number of rotatable bonds is 9. The van der Waals surface area contributed by atoms with E-state index in [-0.39, 0.29) is 18.4 Å². The Labute approximate surface area is 173 Å². The standard InChI is InChI=1S/C22H32N4O3/c1-3-5-6-7-11-14-23-15-19-25(17-27)24(4-2)16-20(28)26(19)21(22(23)29)18-12-9-8-10-13-18/h8-10,12-13,17,19,21H,3-7,11,14-16H2,1-2H3/t19?,21-/m0/s1. The number of piperazine rings is 1. The summed E-state index contributed by atoms with van der Waals surface area (Å²) in [5.41, 5.74) is 0.794. The maximum Gasteiger partial charge on any atom is 0.250 e. The van der Waals surface area contributed by atoms with E-state index in [1.54, 1.807) is 14.9 Å². The molecule has 2 atom stereocenters. The quantitative estimate of drug-likeness (QED) is 0.472. The van der Waals surface area contributed by atoms with Crippen molar-refractivity contribution in [2.24, 2.45) is 0 Å². The van der Waals surface area contributed by atoms with Crippen LogP contribution in [0.3, 0.4) is 0 Å². The summed E-state index contributed by atoms with van der Waals surface area (Å²) in [5, 5.41) is 3.35. The van der Waals surface area contributed by atoms with Crippen molar-refractivity contribution in [3.05, 3.63) is 35.9 Å². The minimum Gasteiger partial charge on any atom is -0.337 e. The number of hydrogen-bond donors (Lipinski definition) is 0. The van der Waals surface area contributed by atoms with Gasteiger partial charge >= 0.3 is 0 Å². The second-order valence-electron chi connectivity index (χ2n) is 7.76. The summed E-state index contributed by atoms with van der Waals surface area (Å²) in [6.07, 6.45) is 5.89. The average molecular weight is 401 g/mol. The number of unbranched alkanes of at least 4 members (excludes halogenated alkanes) is 4. The summed E-state index contributed by atoms with van der Waals surface area (Å²) in [6, 6.07) is 8.75. The third kappa shape index (κ3) is 4.45. The summed E-state index contributed by atoms with van der Waals surface area (Å²) in [7, 11) is 0. The fraction of sp³-hybridized carbons (Fsp3) is 0.591. The molecule has 3 rings (SSSR count). The van der Waals surface area contributed by atoms with E-state index >= 15 is 0 Å². The molecule has 0 spiro atoms. The van der Waals surface area contributed by atoms with Gasteiger partial charge in [0, 0.05) is 13.1 Å². The van der Waals surface area contributed by atoms with Crippen LogP contribution >= 0.6 is 0 Å². The first kappa shape index (κ1) is 21.3. The molecule has 1 aromatic carbocycles. The number of likely N-dealkylation sites (N-methyl/N-ethyl adjacent to an activating group) is 1. The van der Waals surface area contributed by atoms with Gasteiger partial charge in [0.15, 0.2) is 0 Å². The number of fused-ring (bicyclic) bond motifs is 1. The van der Waals surface area contributed by atoms with E-state index in [1.807, 2.05) is 42.2 Å². The van der Waals surface area contributed by atoms with Gasteiger partial charge in [0.05, 0.1) is 13.1 Å². The molecule has 0 saturated carbocycles. The highest BCUT2D eigenvalue weighted by Gasteiger charge is 2.49. The number of carbonyl (C=O) groups is 3. The molecule has 2 aliphatic heterocycles. The SMILES string of the molecule is CCCCCCCN1CC2N(C(=O)CN(CC)N2C=O)[C@@H](c2ccccc2)C1=O. The topological polar surface area (TPSA) is 64.2 Å². The lowest BCUT2D eigenvalue weighted by Crippen LogP contribution is -2.72. The number of hydrazine groups is 1. The zero-order chi connectivity index (χ0) is 20.8. The van der Waals surface area contributed by atoms with Crippen LogP contribution in [-0.2, 0) is 14.4 Å². The number of benzene rings is 1. The molecule has 2 fully saturated rings. The van der Waals surface area contributed by atoms with Crippen LogP contribution in [0.4, 0.5) is 0 Å². The molecule has 0 N–H and O–H groups in total. The van der Waals surface area contributed by atoms with Gasteiger partial charge in [-0.2, -0.15) is 0 Å². The van der Waals surface area contributed by atoms with Gasteiger partial charge in [-0.1, -0.05) is 69.9 Å². The third-order valence-electron chi connectivity index (χ3n) is 5.89. The van der Waals surface area contributed by atoms with Crippen molar-refractivity contribution in [1.82, 2.24) is 19.8 Å². The van der Waals surface area contributed by atoms with E-state index in [4.69, 9.17) is 0 Å². The van der Waals surface area contributed by atoms with Gasteiger partial charge in [-0.25, -0.2) is 5.01 Å². The summed E-state index contributed by atoms with van der Waals surface area (Å²) in [4.78, 5) is 41.8. The largest absolute Gasteiger partial charge is 0.337 e. The normalized spacial score (nSPS) is 22.8. The Morgan fingerprint density at radius 3 is 2.41 bits per heavy atom. The molecule has 0 bridgehead atoms. The Bertz CT molecular complexity index is 711. The molecule has 7 nitrogen and oxygen atoms in total. The average Bonchev–Trinajstić information content (AvgIpc) is 2.74. The van der Waals surface area contributed by atoms with Crippen molar-refractivity contribution >= 4 is 18.2 Å². The molecule has 2 aliphatic rings. The minimum absolute atomic E-state index is 0.0490. The lowest BCUT2D eigenvalue weighted by molar-refractivity contribution is -0.200. The monoisotopic (exact) mass is 400 g/mol. The highest BCUT2D eigenvalue weighted by molar-refractivity contribution is 5.91. The predicted octanol–water partition coefficient (Wildman–Crippen LogP) is 2.40. The summed E-state index contributed by atoms with van der Waals surface area (Å²) in [6.45, 7) is 5.80. The smallest absolute Gasteiger partial charge is 0.250 e. The molecule has 0 radical (unpaired) electrons. The molecule has 1 aromatic rings. The number of hydrogen-bond acceptors (Lipinski definition) is 4. The van der Waals surface area contributed by atoms with Crippen molar-refractivity contribution in [1.29, 1.82) is 0 Å². The lowest BCUT2D eigenvalue weighted by Gasteiger charge is -2.54. The van der Waals surface area contributed by atoms with E-state index in [0.717, 1.165) is 24.8 Å². The molecule has 3 amide bonds. The second kappa shape index (κ2) is 9.87. The third-order valence-corrected chi connectivity index (χ3v) is 5.89. The van der Waals surface area contributed by atoms with Gasteiger partial charge in [0.1, 0.15) is 12.2 Å². The summed E-state index contributed by atoms with van der Waals surface area (Å²) >= 11 is 0. The van der Waals surface area contributed by atoms with E-state index in [0.29, 0.717) is 19.6 Å². The zero-order valence-electron chi connectivity index (χ0n) is 17.5. The van der Waals surface area contributed by atoms with Crippen LogP contribution < -0.4 is 0 Å². The van der Waals surface area contributed by atoms with Crippen molar-refractivity contribution in [2.45, 2.75) is 58.2 Å². The first-order valence-corrected chi connectivity index (χ1v) is 10.8. The van der Waals surface area contributed by atoms with Crippen LogP contribution in [0, 0.1) is 0 Å². The first-order valence-electron chi connectivity index (χ1n) is 10.8. The maximum atomic E-state index is 13.4. The van der Waals surface area contributed by atoms with Crippen molar-refractivity contribution in [3.8, 4) is 0 Å². The van der Waals surface area contributed by atoms with Crippen LogP contribution in [0.2, 0.25) is 0 Å². The first-order chi connectivity index (χ1) is 14.1. The van der Waals surface area contributed by atoms with E-state index in [9.17, 15) is 14.4 Å². The second-order valence-corrected chi connectivity index (χ2v) is 7.76. The zero-order valence-corrected chi connectivity index (χ0v) is 17.5. The van der Waals surface area contributed by atoms with E-state index in [2.05, 4.69) is 6.92 Å².